The molecule has 0 fully saturated rings. The van der Waals surface area contributed by atoms with Gasteiger partial charge < -0.3 is 10.6 Å². The number of anilines is 2. The van der Waals surface area contributed by atoms with Gasteiger partial charge in [0, 0.05) is 5.69 Å². The summed E-state index contributed by atoms with van der Waals surface area (Å²) in [4.78, 5) is 4.48. The molecule has 0 radical (unpaired) electrons. The van der Waals surface area contributed by atoms with Crippen LogP contribution in [0.4, 0.5) is 10.8 Å². The Morgan fingerprint density at radius 2 is 2.00 bits per heavy atom. The Hall–Kier alpha value is -1.69. The lowest BCUT2D eigenvalue weighted by Crippen LogP contribution is -2.19. The second-order valence-corrected chi connectivity index (χ2v) is 6.85. The van der Waals surface area contributed by atoms with Crippen LogP contribution in [0.15, 0.2) is 36.4 Å². The summed E-state index contributed by atoms with van der Waals surface area (Å²) in [6.07, 6.45) is 0. The van der Waals surface area contributed by atoms with E-state index in [1.807, 2.05) is 25.1 Å². The molecule has 6 heteroatoms. The lowest BCUT2D eigenvalue weighted by atomic mass is 10.1. The van der Waals surface area contributed by atoms with Crippen molar-refractivity contribution >= 4 is 61.3 Å². The van der Waals surface area contributed by atoms with E-state index in [1.165, 1.54) is 16.9 Å². The van der Waals surface area contributed by atoms with E-state index >= 15 is 0 Å². The first-order valence-corrected chi connectivity index (χ1v) is 8.33. The largest absolute Gasteiger partial charge is 0.332 e. The number of nitrogens with zero attached hydrogens (tertiary/aromatic N) is 1. The summed E-state index contributed by atoms with van der Waals surface area (Å²) >= 11 is 13.0. The first kappa shape index (κ1) is 15.2. The maximum Gasteiger partial charge on any atom is 0.190 e. The molecular weight excluding hydrogens is 334 g/mol. The zero-order valence-electron chi connectivity index (χ0n) is 12.1. The van der Waals surface area contributed by atoms with Crippen LogP contribution in [0.1, 0.15) is 11.1 Å². The third-order valence-corrected chi connectivity index (χ3v) is 4.68. The molecule has 2 aromatic carbocycles. The number of nitrogens with one attached hydrogen (secondary N) is 2. The average Bonchev–Trinajstić information content (AvgIpc) is 2.86. The number of halogens is 1. The van der Waals surface area contributed by atoms with Gasteiger partial charge in [0.05, 0.1) is 9.72 Å². The van der Waals surface area contributed by atoms with Crippen LogP contribution in [-0.4, -0.2) is 10.1 Å². The highest BCUT2D eigenvalue weighted by atomic mass is 35.5. The van der Waals surface area contributed by atoms with Crippen molar-refractivity contribution in [3.63, 3.8) is 0 Å². The van der Waals surface area contributed by atoms with Crippen molar-refractivity contribution in [2.45, 2.75) is 13.8 Å². The molecule has 112 valence electrons. The Kier molecular flexibility index (Phi) is 4.29. The van der Waals surface area contributed by atoms with Crippen molar-refractivity contribution in [3.8, 4) is 0 Å². The number of aryl methyl sites for hydroxylation is 2. The fraction of sp³-hybridized carbons (Fsp3) is 0.125. The molecule has 1 heterocycles. The van der Waals surface area contributed by atoms with Crippen LogP contribution in [0, 0.1) is 13.8 Å². The van der Waals surface area contributed by atoms with Gasteiger partial charge in [-0.2, -0.15) is 0 Å². The van der Waals surface area contributed by atoms with Gasteiger partial charge in [-0.05, 0) is 55.4 Å². The highest BCUT2D eigenvalue weighted by Gasteiger charge is 2.08. The van der Waals surface area contributed by atoms with E-state index in [0.717, 1.165) is 26.6 Å². The van der Waals surface area contributed by atoms with Crippen molar-refractivity contribution in [3.05, 3.63) is 52.5 Å². The molecular formula is C16H14ClN3S2. The molecule has 2 N–H and O–H groups in total. The van der Waals surface area contributed by atoms with Gasteiger partial charge in [-0.15, -0.1) is 0 Å². The standard InChI is InChI=1S/C16H14ClN3S2/c1-9-6-7-10(2)12(8-9)18-15(21)20-16-19-14-11(17)4-3-5-13(14)22-16/h3-8H,1-2H3,(H2,18,19,20,21). The van der Waals surface area contributed by atoms with Gasteiger partial charge in [0.15, 0.2) is 10.2 Å². The summed E-state index contributed by atoms with van der Waals surface area (Å²) in [5.41, 5.74) is 4.12. The second-order valence-electron chi connectivity index (χ2n) is 5.00. The Labute approximate surface area is 143 Å². The van der Waals surface area contributed by atoms with E-state index < -0.39 is 0 Å². The van der Waals surface area contributed by atoms with Crippen LogP contribution in [0.5, 0.6) is 0 Å². The molecule has 3 rings (SSSR count). The highest BCUT2D eigenvalue weighted by Crippen LogP contribution is 2.30. The van der Waals surface area contributed by atoms with Crippen molar-refractivity contribution in [1.82, 2.24) is 4.98 Å². The number of fused-ring (bicyclic) bond motifs is 1. The molecule has 22 heavy (non-hydrogen) atoms. The SMILES string of the molecule is Cc1ccc(C)c(NC(=S)Nc2nc3c(Cl)cccc3s2)c1. The normalized spacial score (nSPS) is 10.7. The fourth-order valence-electron chi connectivity index (χ4n) is 2.09. The summed E-state index contributed by atoms with van der Waals surface area (Å²) < 4.78 is 1.03. The topological polar surface area (TPSA) is 37.0 Å². The molecule has 0 unspecified atom stereocenters. The number of hydrogen-bond donors (Lipinski definition) is 2. The summed E-state index contributed by atoms with van der Waals surface area (Å²) in [5.74, 6) is 0. The third kappa shape index (κ3) is 3.21. The molecule has 0 bridgehead atoms. The van der Waals surface area contributed by atoms with Crippen LogP contribution < -0.4 is 10.6 Å². The van der Waals surface area contributed by atoms with Gasteiger partial charge in [-0.25, -0.2) is 4.98 Å². The van der Waals surface area contributed by atoms with Crippen LogP contribution in [0.3, 0.4) is 0 Å². The number of thiocarbonyl (C=S) groups is 1. The lowest BCUT2D eigenvalue weighted by Gasteiger charge is -2.11. The molecule has 0 aliphatic carbocycles. The molecule has 0 amide bonds. The number of thiazole rings is 1. The predicted octanol–water partition coefficient (Wildman–Crippen LogP) is 5.38. The van der Waals surface area contributed by atoms with Gasteiger partial charge >= 0.3 is 0 Å². The van der Waals surface area contributed by atoms with Gasteiger partial charge in [0.2, 0.25) is 0 Å². The lowest BCUT2D eigenvalue weighted by molar-refractivity contribution is 1.39. The molecule has 0 atom stereocenters. The van der Waals surface area contributed by atoms with Crippen molar-refractivity contribution in [2.24, 2.45) is 0 Å². The minimum Gasteiger partial charge on any atom is -0.332 e. The Bertz CT molecular complexity index is 858. The first-order chi connectivity index (χ1) is 10.5. The molecule has 1 aromatic heterocycles. The average molecular weight is 348 g/mol. The molecule has 3 nitrogen and oxygen atoms in total. The Morgan fingerprint density at radius 1 is 1.18 bits per heavy atom. The number of hydrogen-bond acceptors (Lipinski definition) is 3. The highest BCUT2D eigenvalue weighted by molar-refractivity contribution is 7.80. The number of benzene rings is 2. The van der Waals surface area contributed by atoms with E-state index in [2.05, 4.69) is 40.7 Å². The molecule has 3 aromatic rings. The molecule has 0 aliphatic rings. The van der Waals surface area contributed by atoms with E-state index in [1.54, 1.807) is 0 Å². The van der Waals surface area contributed by atoms with Crippen LogP contribution in [-0.2, 0) is 0 Å². The van der Waals surface area contributed by atoms with Gasteiger partial charge in [0.1, 0.15) is 5.52 Å². The summed E-state index contributed by atoms with van der Waals surface area (Å²) in [5, 5.41) is 8.23. The van der Waals surface area contributed by atoms with Crippen molar-refractivity contribution in [1.29, 1.82) is 0 Å². The van der Waals surface area contributed by atoms with E-state index in [0.29, 0.717) is 10.1 Å². The minimum absolute atomic E-state index is 0.517. The molecule has 0 saturated carbocycles. The quantitative estimate of drug-likeness (QED) is 0.610. The third-order valence-electron chi connectivity index (χ3n) is 3.23. The predicted molar refractivity (Wildman–Crippen MR) is 100 cm³/mol. The second kappa shape index (κ2) is 6.20. The van der Waals surface area contributed by atoms with Crippen LogP contribution in [0.2, 0.25) is 5.02 Å². The smallest absolute Gasteiger partial charge is 0.190 e. The van der Waals surface area contributed by atoms with Gasteiger partial charge in [-0.3, -0.25) is 0 Å². The first-order valence-electron chi connectivity index (χ1n) is 6.73. The minimum atomic E-state index is 0.517. The molecule has 0 spiro atoms. The molecule has 0 saturated heterocycles. The van der Waals surface area contributed by atoms with Crippen molar-refractivity contribution < 1.29 is 0 Å². The number of para-hydroxylation sites is 1. The van der Waals surface area contributed by atoms with E-state index in [-0.39, 0.29) is 0 Å². The van der Waals surface area contributed by atoms with Crippen molar-refractivity contribution in [2.75, 3.05) is 10.6 Å². The number of rotatable bonds is 2. The zero-order valence-corrected chi connectivity index (χ0v) is 14.5. The Morgan fingerprint density at radius 3 is 2.77 bits per heavy atom. The fourth-order valence-corrected chi connectivity index (χ4v) is 3.53. The van der Waals surface area contributed by atoms with Crippen LogP contribution >= 0.6 is 35.2 Å². The Balaban J connectivity index is 1.78. The molecule has 0 aliphatic heterocycles. The van der Waals surface area contributed by atoms with Gasteiger partial charge in [0.25, 0.3) is 0 Å². The maximum absolute atomic E-state index is 6.14. The summed E-state index contributed by atoms with van der Waals surface area (Å²) in [7, 11) is 0. The summed E-state index contributed by atoms with van der Waals surface area (Å²) in [6, 6.07) is 12.0. The van der Waals surface area contributed by atoms with E-state index in [9.17, 15) is 0 Å². The number of aromatic nitrogens is 1. The van der Waals surface area contributed by atoms with E-state index in [4.69, 9.17) is 23.8 Å². The zero-order chi connectivity index (χ0) is 15.7. The van der Waals surface area contributed by atoms with Gasteiger partial charge in [-0.1, -0.05) is 41.1 Å². The monoisotopic (exact) mass is 347 g/mol. The maximum atomic E-state index is 6.14. The van der Waals surface area contributed by atoms with Crippen LogP contribution in [0.25, 0.3) is 10.2 Å². The summed E-state index contributed by atoms with van der Waals surface area (Å²) in [6.45, 7) is 4.10.